The lowest BCUT2D eigenvalue weighted by Gasteiger charge is -2.20. The zero-order valence-electron chi connectivity index (χ0n) is 15.4. The van der Waals surface area contributed by atoms with E-state index in [-0.39, 0.29) is 12.1 Å². The van der Waals surface area contributed by atoms with Crippen molar-refractivity contribution in [2.75, 3.05) is 23.5 Å². The number of hydrogen-bond donors (Lipinski definition) is 2. The van der Waals surface area contributed by atoms with E-state index in [0.717, 1.165) is 6.42 Å². The van der Waals surface area contributed by atoms with Gasteiger partial charge in [0.1, 0.15) is 11.8 Å². The molecule has 2 amide bonds. The number of rotatable bonds is 4. The Morgan fingerprint density at radius 3 is 2.52 bits per heavy atom. The van der Waals surface area contributed by atoms with E-state index in [9.17, 15) is 9.59 Å². The van der Waals surface area contributed by atoms with Gasteiger partial charge in [-0.05, 0) is 12.1 Å². The Balaban J connectivity index is 1.57. The van der Waals surface area contributed by atoms with Gasteiger partial charge in [0.15, 0.2) is 11.5 Å². The second-order valence-electron chi connectivity index (χ2n) is 6.63. The Hall–Kier alpha value is -3.26. The van der Waals surface area contributed by atoms with E-state index in [2.05, 4.69) is 10.4 Å². The Kier molecular flexibility index (Phi) is 5.26. The largest absolute Gasteiger partial charge is 0.490 e. The van der Waals surface area contributed by atoms with Crippen molar-refractivity contribution in [2.24, 2.45) is 10.8 Å². The number of hydrogen-bond acceptors (Lipinski definition) is 6. The van der Waals surface area contributed by atoms with Crippen molar-refractivity contribution >= 4 is 40.5 Å². The molecule has 0 bridgehead atoms. The van der Waals surface area contributed by atoms with E-state index in [1.54, 1.807) is 24.3 Å². The number of primary amides is 1. The van der Waals surface area contributed by atoms with E-state index in [1.807, 2.05) is 18.2 Å². The summed E-state index contributed by atoms with van der Waals surface area (Å²) in [6.07, 6.45) is 0.854. The number of ether oxygens (including phenoxy) is 2. The summed E-state index contributed by atoms with van der Waals surface area (Å²) >= 11 is 6.29. The second-order valence-corrected chi connectivity index (χ2v) is 7.04. The van der Waals surface area contributed by atoms with Gasteiger partial charge >= 0.3 is 0 Å². The average molecular weight is 415 g/mol. The van der Waals surface area contributed by atoms with Crippen molar-refractivity contribution in [1.29, 1.82) is 0 Å². The lowest BCUT2D eigenvalue weighted by molar-refractivity contribution is -0.119. The van der Waals surface area contributed by atoms with Crippen LogP contribution < -0.4 is 25.5 Å². The molecular formula is C20H19ClN4O4. The quantitative estimate of drug-likeness (QED) is 0.799. The summed E-state index contributed by atoms with van der Waals surface area (Å²) in [5.41, 5.74) is 6.75. The van der Waals surface area contributed by atoms with Gasteiger partial charge in [-0.1, -0.05) is 29.8 Å². The molecule has 0 spiro atoms. The van der Waals surface area contributed by atoms with E-state index in [4.69, 9.17) is 26.8 Å². The van der Waals surface area contributed by atoms with Gasteiger partial charge in [-0.25, -0.2) is 0 Å². The van der Waals surface area contributed by atoms with E-state index >= 15 is 0 Å². The number of carbonyl (C=O) groups excluding carboxylic acids is 2. The van der Waals surface area contributed by atoms with Crippen LogP contribution in [0.3, 0.4) is 0 Å². The molecule has 8 nitrogen and oxygen atoms in total. The SMILES string of the molecule is NC(=O)[C@@H]1CC(C(=O)Nc2cc3c(cc2Cl)OCCCO3)=NN1c1ccccc1. The predicted octanol–water partition coefficient (Wildman–Crippen LogP) is 2.56. The van der Waals surface area contributed by atoms with Crippen LogP contribution in [-0.4, -0.2) is 36.8 Å². The number of carbonyl (C=O) groups is 2. The van der Waals surface area contributed by atoms with Crippen LogP contribution in [0.2, 0.25) is 5.02 Å². The van der Waals surface area contributed by atoms with Crippen molar-refractivity contribution in [1.82, 2.24) is 0 Å². The number of nitrogens with zero attached hydrogens (tertiary/aromatic N) is 2. The molecule has 29 heavy (non-hydrogen) atoms. The molecule has 0 radical (unpaired) electrons. The third-order valence-electron chi connectivity index (χ3n) is 4.61. The lowest BCUT2D eigenvalue weighted by atomic mass is 10.1. The number of amides is 2. The van der Waals surface area contributed by atoms with E-state index < -0.39 is 17.9 Å². The smallest absolute Gasteiger partial charge is 0.272 e. The molecule has 2 aliphatic heterocycles. The van der Waals surface area contributed by atoms with Crippen LogP contribution >= 0.6 is 11.6 Å². The highest BCUT2D eigenvalue weighted by molar-refractivity contribution is 6.45. The first kappa shape index (κ1) is 19.1. The average Bonchev–Trinajstić information content (AvgIpc) is 3.05. The van der Waals surface area contributed by atoms with Crippen molar-refractivity contribution in [2.45, 2.75) is 18.9 Å². The number of para-hydroxylation sites is 1. The van der Waals surface area contributed by atoms with Crippen LogP contribution in [-0.2, 0) is 9.59 Å². The number of hydrazone groups is 1. The minimum absolute atomic E-state index is 0.0955. The Bertz CT molecular complexity index is 980. The predicted molar refractivity (Wildman–Crippen MR) is 110 cm³/mol. The minimum atomic E-state index is -0.739. The van der Waals surface area contributed by atoms with E-state index in [0.29, 0.717) is 41.1 Å². The molecule has 2 aliphatic rings. The number of fused-ring (bicyclic) bond motifs is 1. The molecule has 150 valence electrons. The zero-order valence-corrected chi connectivity index (χ0v) is 16.2. The molecule has 2 heterocycles. The van der Waals surface area contributed by atoms with Crippen molar-refractivity contribution < 1.29 is 19.1 Å². The molecule has 0 aliphatic carbocycles. The molecule has 1 atom stereocenters. The lowest BCUT2D eigenvalue weighted by Crippen LogP contribution is -2.39. The maximum absolute atomic E-state index is 12.8. The van der Waals surface area contributed by atoms with Gasteiger partial charge in [0.25, 0.3) is 5.91 Å². The summed E-state index contributed by atoms with van der Waals surface area (Å²) in [5, 5.41) is 8.84. The van der Waals surface area contributed by atoms with Gasteiger partial charge < -0.3 is 20.5 Å². The number of nitrogens with two attached hydrogens (primary N) is 1. The number of halogens is 1. The van der Waals surface area contributed by atoms with Crippen LogP contribution in [0.1, 0.15) is 12.8 Å². The fourth-order valence-corrected chi connectivity index (χ4v) is 3.36. The Labute approximate surface area is 172 Å². The molecule has 9 heteroatoms. The molecule has 0 saturated carbocycles. The number of nitrogens with one attached hydrogen (secondary N) is 1. The maximum atomic E-state index is 12.8. The summed E-state index contributed by atoms with van der Waals surface area (Å²) in [7, 11) is 0. The van der Waals surface area contributed by atoms with Crippen molar-refractivity contribution in [3.63, 3.8) is 0 Å². The molecular weight excluding hydrogens is 396 g/mol. The standard InChI is InChI=1S/C20H19ClN4O4/c21-13-9-17-18(29-8-4-7-28-17)11-14(13)23-20(27)15-10-16(19(22)26)25(24-15)12-5-2-1-3-6-12/h1-3,5-6,9,11,16H,4,7-8,10H2,(H2,22,26)(H,23,27)/t16-/m0/s1. The fraction of sp³-hybridized carbons (Fsp3) is 0.250. The normalized spacial score (nSPS) is 18.0. The Morgan fingerprint density at radius 2 is 1.83 bits per heavy atom. The van der Waals surface area contributed by atoms with Crippen LogP contribution in [0, 0.1) is 0 Å². The highest BCUT2D eigenvalue weighted by atomic mass is 35.5. The first-order valence-electron chi connectivity index (χ1n) is 9.14. The molecule has 0 saturated heterocycles. The monoisotopic (exact) mass is 414 g/mol. The minimum Gasteiger partial charge on any atom is -0.490 e. The molecule has 0 unspecified atom stereocenters. The fourth-order valence-electron chi connectivity index (χ4n) is 3.16. The number of anilines is 2. The topological polar surface area (TPSA) is 106 Å². The third-order valence-corrected chi connectivity index (χ3v) is 4.92. The zero-order chi connectivity index (χ0) is 20.4. The highest BCUT2D eigenvalue weighted by Crippen LogP contribution is 2.38. The van der Waals surface area contributed by atoms with Gasteiger partial charge in [0, 0.05) is 25.0 Å². The van der Waals surface area contributed by atoms with Gasteiger partial charge in [0.05, 0.1) is 29.6 Å². The molecule has 0 fully saturated rings. The first-order chi connectivity index (χ1) is 14.0. The molecule has 2 aromatic carbocycles. The molecule has 4 rings (SSSR count). The summed E-state index contributed by atoms with van der Waals surface area (Å²) in [6.45, 7) is 1.05. The summed E-state index contributed by atoms with van der Waals surface area (Å²) in [5.74, 6) is 0.0179. The van der Waals surface area contributed by atoms with Crippen LogP contribution in [0.4, 0.5) is 11.4 Å². The second kappa shape index (κ2) is 8.00. The number of benzene rings is 2. The van der Waals surface area contributed by atoms with Gasteiger partial charge in [0.2, 0.25) is 5.91 Å². The van der Waals surface area contributed by atoms with Gasteiger partial charge in [-0.3, -0.25) is 14.6 Å². The Morgan fingerprint density at radius 1 is 1.14 bits per heavy atom. The van der Waals surface area contributed by atoms with Crippen LogP contribution in [0.15, 0.2) is 47.6 Å². The van der Waals surface area contributed by atoms with Crippen LogP contribution in [0.5, 0.6) is 11.5 Å². The van der Waals surface area contributed by atoms with Crippen molar-refractivity contribution in [3.8, 4) is 11.5 Å². The first-order valence-corrected chi connectivity index (χ1v) is 9.52. The molecule has 2 aromatic rings. The maximum Gasteiger partial charge on any atom is 0.272 e. The third kappa shape index (κ3) is 3.97. The van der Waals surface area contributed by atoms with Gasteiger partial charge in [-0.2, -0.15) is 5.10 Å². The van der Waals surface area contributed by atoms with Crippen LogP contribution in [0.25, 0.3) is 0 Å². The summed E-state index contributed by atoms with van der Waals surface area (Å²) in [4.78, 5) is 24.7. The summed E-state index contributed by atoms with van der Waals surface area (Å²) < 4.78 is 11.2. The highest BCUT2D eigenvalue weighted by Gasteiger charge is 2.35. The molecule has 0 aromatic heterocycles. The van der Waals surface area contributed by atoms with E-state index in [1.165, 1.54) is 5.01 Å². The van der Waals surface area contributed by atoms with Crippen molar-refractivity contribution in [3.05, 3.63) is 47.5 Å². The summed E-state index contributed by atoms with van der Waals surface area (Å²) in [6, 6.07) is 11.6. The van der Waals surface area contributed by atoms with Gasteiger partial charge in [-0.15, -0.1) is 0 Å². The molecule has 3 N–H and O–H groups in total.